The fourth-order valence-corrected chi connectivity index (χ4v) is 2.79. The summed E-state index contributed by atoms with van der Waals surface area (Å²) >= 11 is 0. The van der Waals surface area contributed by atoms with Gasteiger partial charge in [0.05, 0.1) is 7.11 Å². The first-order valence-electron chi connectivity index (χ1n) is 6.66. The highest BCUT2D eigenvalue weighted by molar-refractivity contribution is 5.41. The molecule has 1 aliphatic heterocycles. The Morgan fingerprint density at radius 3 is 2.44 bits per heavy atom. The Morgan fingerprint density at radius 1 is 1.22 bits per heavy atom. The predicted octanol–water partition coefficient (Wildman–Crippen LogP) is 3.59. The van der Waals surface area contributed by atoms with E-state index in [4.69, 9.17) is 4.74 Å². The van der Waals surface area contributed by atoms with E-state index in [2.05, 4.69) is 57.7 Å². The van der Waals surface area contributed by atoms with Gasteiger partial charge in [0.2, 0.25) is 0 Å². The number of fused-ring (bicyclic) bond motifs is 1. The van der Waals surface area contributed by atoms with Gasteiger partial charge in [-0.3, -0.25) is 4.90 Å². The van der Waals surface area contributed by atoms with Crippen LogP contribution in [-0.2, 0) is 12.0 Å². The molecule has 0 aromatic heterocycles. The number of rotatable bonds is 1. The lowest BCUT2D eigenvalue weighted by atomic mass is 9.77. The number of hydrogen-bond acceptors (Lipinski definition) is 2. The van der Waals surface area contributed by atoms with Crippen LogP contribution in [0, 0.1) is 0 Å². The Morgan fingerprint density at radius 2 is 1.89 bits per heavy atom. The summed E-state index contributed by atoms with van der Waals surface area (Å²) in [6, 6.07) is 6.50. The van der Waals surface area contributed by atoms with Crippen LogP contribution < -0.4 is 4.74 Å². The summed E-state index contributed by atoms with van der Waals surface area (Å²) in [7, 11) is 1.73. The Kier molecular flexibility index (Phi) is 3.18. The van der Waals surface area contributed by atoms with Crippen molar-refractivity contribution in [1.82, 2.24) is 4.90 Å². The van der Waals surface area contributed by atoms with Crippen molar-refractivity contribution in [1.29, 1.82) is 0 Å². The first-order valence-corrected chi connectivity index (χ1v) is 6.66. The van der Waals surface area contributed by atoms with E-state index in [1.54, 1.807) is 7.11 Å². The Labute approximate surface area is 111 Å². The molecule has 0 bridgehead atoms. The molecule has 0 saturated carbocycles. The second kappa shape index (κ2) is 4.27. The van der Waals surface area contributed by atoms with Gasteiger partial charge >= 0.3 is 0 Å². The van der Waals surface area contributed by atoms with Crippen LogP contribution in [0.15, 0.2) is 18.2 Å². The van der Waals surface area contributed by atoms with Crippen LogP contribution in [-0.4, -0.2) is 24.1 Å². The second-order valence-electron chi connectivity index (χ2n) is 6.93. The van der Waals surface area contributed by atoms with Crippen LogP contribution in [0.1, 0.15) is 45.7 Å². The molecule has 1 aromatic carbocycles. The maximum Gasteiger partial charge on any atom is 0.119 e. The number of methoxy groups -OCH3 is 1. The Bertz CT molecular complexity index is 443. The van der Waals surface area contributed by atoms with Crippen LogP contribution in [0.3, 0.4) is 0 Å². The van der Waals surface area contributed by atoms with Gasteiger partial charge in [-0.2, -0.15) is 0 Å². The van der Waals surface area contributed by atoms with Crippen molar-refractivity contribution in [2.24, 2.45) is 0 Å². The summed E-state index contributed by atoms with van der Waals surface area (Å²) in [5.74, 6) is 0.959. The molecule has 0 amide bonds. The molecule has 2 heteroatoms. The van der Waals surface area contributed by atoms with Gasteiger partial charge in [-0.1, -0.05) is 19.9 Å². The lowest BCUT2D eigenvalue weighted by Crippen LogP contribution is -2.50. The monoisotopic (exact) mass is 247 g/mol. The third kappa shape index (κ3) is 2.39. The first-order chi connectivity index (χ1) is 8.24. The molecule has 0 N–H and O–H groups in total. The lowest BCUT2D eigenvalue weighted by molar-refractivity contribution is 0.0870. The van der Waals surface area contributed by atoms with Crippen LogP contribution in [0.2, 0.25) is 0 Å². The molecule has 1 aromatic rings. The summed E-state index contributed by atoms with van der Waals surface area (Å²) in [6.45, 7) is 13.6. The largest absolute Gasteiger partial charge is 0.497 e. The van der Waals surface area contributed by atoms with Crippen molar-refractivity contribution in [3.63, 3.8) is 0 Å². The molecule has 18 heavy (non-hydrogen) atoms. The minimum atomic E-state index is 0.202. The third-order valence-corrected chi connectivity index (χ3v) is 3.94. The van der Waals surface area contributed by atoms with Gasteiger partial charge < -0.3 is 4.74 Å². The lowest BCUT2D eigenvalue weighted by Gasteiger charge is -2.46. The molecule has 0 radical (unpaired) electrons. The highest BCUT2D eigenvalue weighted by Gasteiger charge is 2.36. The Hall–Kier alpha value is -1.02. The quantitative estimate of drug-likeness (QED) is 0.752. The van der Waals surface area contributed by atoms with E-state index in [-0.39, 0.29) is 11.0 Å². The number of nitrogens with zero attached hydrogens (tertiary/aromatic N) is 1. The standard InChI is InChI=1S/C16H25NO/c1-15(2,3)17-10-12-9-13(18-6)7-8-14(12)16(4,5)11-17/h7-9H,10-11H2,1-6H3. The molecule has 1 heterocycles. The summed E-state index contributed by atoms with van der Waals surface area (Å²) in [5, 5.41) is 0. The number of hydrogen-bond donors (Lipinski definition) is 0. The summed E-state index contributed by atoms with van der Waals surface area (Å²) in [4.78, 5) is 2.55. The average molecular weight is 247 g/mol. The molecule has 100 valence electrons. The normalized spacial score (nSPS) is 19.4. The molecule has 1 aliphatic rings. The van der Waals surface area contributed by atoms with E-state index in [0.717, 1.165) is 18.8 Å². The first kappa shape index (κ1) is 13.4. The maximum atomic E-state index is 5.35. The fraction of sp³-hybridized carbons (Fsp3) is 0.625. The van der Waals surface area contributed by atoms with Gasteiger partial charge in [-0.25, -0.2) is 0 Å². The number of ether oxygens (including phenoxy) is 1. The molecule has 0 atom stereocenters. The molecule has 2 rings (SSSR count). The molecule has 0 aliphatic carbocycles. The Balaban J connectivity index is 2.43. The van der Waals surface area contributed by atoms with Gasteiger partial charge in [0.15, 0.2) is 0 Å². The van der Waals surface area contributed by atoms with Crippen LogP contribution in [0.5, 0.6) is 5.75 Å². The number of benzene rings is 1. The third-order valence-electron chi connectivity index (χ3n) is 3.94. The average Bonchev–Trinajstić information content (AvgIpc) is 2.26. The van der Waals surface area contributed by atoms with Crippen molar-refractivity contribution in [2.45, 2.75) is 52.1 Å². The van der Waals surface area contributed by atoms with Crippen molar-refractivity contribution < 1.29 is 4.74 Å². The molecule has 2 nitrogen and oxygen atoms in total. The van der Waals surface area contributed by atoms with Crippen molar-refractivity contribution in [3.05, 3.63) is 29.3 Å². The van der Waals surface area contributed by atoms with Gasteiger partial charge in [0, 0.05) is 24.0 Å². The topological polar surface area (TPSA) is 12.5 Å². The zero-order chi connectivity index (χ0) is 13.6. The summed E-state index contributed by atoms with van der Waals surface area (Å²) in [5.41, 5.74) is 3.27. The van der Waals surface area contributed by atoms with E-state index < -0.39 is 0 Å². The van der Waals surface area contributed by atoms with E-state index >= 15 is 0 Å². The van der Waals surface area contributed by atoms with Gasteiger partial charge in [0.1, 0.15) is 5.75 Å². The van der Waals surface area contributed by atoms with E-state index in [0.29, 0.717) is 0 Å². The van der Waals surface area contributed by atoms with Gasteiger partial charge in [-0.15, -0.1) is 0 Å². The van der Waals surface area contributed by atoms with Crippen LogP contribution in [0.25, 0.3) is 0 Å². The molecule has 0 saturated heterocycles. The molecule has 0 fully saturated rings. The van der Waals surface area contributed by atoms with Gasteiger partial charge in [-0.05, 0) is 44.0 Å². The molecular formula is C16H25NO. The maximum absolute atomic E-state index is 5.35. The van der Waals surface area contributed by atoms with E-state index in [1.807, 2.05) is 0 Å². The molecular weight excluding hydrogens is 222 g/mol. The smallest absolute Gasteiger partial charge is 0.119 e. The zero-order valence-electron chi connectivity index (χ0n) is 12.5. The highest BCUT2D eigenvalue weighted by Crippen LogP contribution is 2.37. The van der Waals surface area contributed by atoms with Crippen molar-refractivity contribution >= 4 is 0 Å². The predicted molar refractivity (Wildman–Crippen MR) is 76.2 cm³/mol. The summed E-state index contributed by atoms with van der Waals surface area (Å²) in [6.07, 6.45) is 0. The highest BCUT2D eigenvalue weighted by atomic mass is 16.5. The SMILES string of the molecule is COc1ccc2c(c1)CN(C(C)(C)C)CC2(C)C. The van der Waals surface area contributed by atoms with Gasteiger partial charge in [0.25, 0.3) is 0 Å². The minimum absolute atomic E-state index is 0.202. The van der Waals surface area contributed by atoms with Crippen LogP contribution >= 0.6 is 0 Å². The minimum Gasteiger partial charge on any atom is -0.497 e. The molecule has 0 unspecified atom stereocenters. The van der Waals surface area contributed by atoms with Crippen LogP contribution in [0.4, 0.5) is 0 Å². The van der Waals surface area contributed by atoms with E-state index in [1.165, 1.54) is 11.1 Å². The van der Waals surface area contributed by atoms with Crippen molar-refractivity contribution in [3.8, 4) is 5.75 Å². The second-order valence-corrected chi connectivity index (χ2v) is 6.93. The molecule has 0 spiro atoms. The fourth-order valence-electron chi connectivity index (χ4n) is 2.79. The van der Waals surface area contributed by atoms with E-state index in [9.17, 15) is 0 Å². The van der Waals surface area contributed by atoms with Crippen molar-refractivity contribution in [2.75, 3.05) is 13.7 Å². The zero-order valence-corrected chi connectivity index (χ0v) is 12.5. The summed E-state index contributed by atoms with van der Waals surface area (Å²) < 4.78 is 5.35.